The van der Waals surface area contributed by atoms with Crippen molar-refractivity contribution in [3.63, 3.8) is 0 Å². The number of aromatic nitrogens is 1. The summed E-state index contributed by atoms with van der Waals surface area (Å²) in [6.45, 7) is 2.35. The highest BCUT2D eigenvalue weighted by Gasteiger charge is 2.46. The highest BCUT2D eigenvalue weighted by molar-refractivity contribution is 6.46. The van der Waals surface area contributed by atoms with E-state index in [9.17, 15) is 19.8 Å². The lowest BCUT2D eigenvalue weighted by molar-refractivity contribution is -0.139. The molecule has 0 aliphatic carbocycles. The summed E-state index contributed by atoms with van der Waals surface area (Å²) in [7, 11) is 0. The number of carbonyl (C=O) groups is 2. The fourth-order valence-corrected chi connectivity index (χ4v) is 4.90. The van der Waals surface area contributed by atoms with Gasteiger partial charge in [0.25, 0.3) is 11.7 Å². The molecule has 3 N–H and O–H groups in total. The Balaban J connectivity index is 1.59. The monoisotopic (exact) mass is 516 g/mol. The van der Waals surface area contributed by atoms with E-state index in [2.05, 4.69) is 4.98 Å². The van der Waals surface area contributed by atoms with Gasteiger partial charge in [-0.2, -0.15) is 0 Å². The number of ketones is 1. The molecule has 5 rings (SSSR count). The molecule has 188 valence electrons. The maximum atomic E-state index is 13.3. The molecule has 0 radical (unpaired) electrons. The van der Waals surface area contributed by atoms with Crippen molar-refractivity contribution < 1.29 is 24.5 Å². The number of nitrogens with one attached hydrogen (secondary N) is 1. The summed E-state index contributed by atoms with van der Waals surface area (Å²) in [4.78, 5) is 31.3. The number of phenols is 1. The maximum absolute atomic E-state index is 13.3. The molecule has 0 saturated carbocycles. The number of aliphatic hydroxyl groups is 1. The molecule has 1 atom stereocenters. The minimum atomic E-state index is -0.874. The first-order valence-electron chi connectivity index (χ1n) is 11.9. The number of H-pyrrole nitrogens is 1. The number of Topliss-reactive ketones (excluding diaryl/α,β-unsaturated/α-hetero) is 1. The molecule has 3 aromatic carbocycles. The minimum Gasteiger partial charge on any atom is -0.507 e. The lowest BCUT2D eigenvalue weighted by Crippen LogP contribution is -2.31. The van der Waals surface area contributed by atoms with E-state index in [0.717, 1.165) is 16.5 Å². The van der Waals surface area contributed by atoms with Crippen LogP contribution in [0.1, 0.15) is 29.7 Å². The summed E-state index contributed by atoms with van der Waals surface area (Å²) in [5.74, 6) is -1.60. The zero-order chi connectivity index (χ0) is 26.1. The average Bonchev–Trinajstić information content (AvgIpc) is 3.42. The Labute approximate surface area is 218 Å². The summed E-state index contributed by atoms with van der Waals surface area (Å²) in [6.07, 6.45) is 2.39. The van der Waals surface area contributed by atoms with Crippen molar-refractivity contribution in [1.29, 1.82) is 0 Å². The van der Waals surface area contributed by atoms with Crippen LogP contribution in [-0.4, -0.2) is 44.9 Å². The van der Waals surface area contributed by atoms with Crippen molar-refractivity contribution >= 4 is 40.0 Å². The number of hydrogen-bond acceptors (Lipinski definition) is 5. The van der Waals surface area contributed by atoms with Gasteiger partial charge < -0.3 is 24.8 Å². The third-order valence-electron chi connectivity index (χ3n) is 6.55. The number of aromatic hydroxyl groups is 1. The molecule has 1 aliphatic rings. The Morgan fingerprint density at radius 2 is 1.84 bits per heavy atom. The smallest absolute Gasteiger partial charge is 0.295 e. The van der Waals surface area contributed by atoms with Gasteiger partial charge >= 0.3 is 0 Å². The van der Waals surface area contributed by atoms with Crippen LogP contribution in [-0.2, 0) is 16.0 Å². The number of carbonyl (C=O) groups excluding carboxylic acids is 2. The average molecular weight is 517 g/mol. The van der Waals surface area contributed by atoms with Crippen molar-refractivity contribution in [3.05, 3.63) is 100 Å². The number of benzene rings is 3. The van der Waals surface area contributed by atoms with Gasteiger partial charge in [-0.15, -0.1) is 0 Å². The first kappa shape index (κ1) is 24.5. The van der Waals surface area contributed by atoms with Gasteiger partial charge in [0.2, 0.25) is 0 Å². The van der Waals surface area contributed by atoms with E-state index in [1.807, 2.05) is 30.5 Å². The van der Waals surface area contributed by atoms with E-state index in [0.29, 0.717) is 29.2 Å². The second kappa shape index (κ2) is 10.0. The zero-order valence-electron chi connectivity index (χ0n) is 20.1. The Hall–Kier alpha value is -4.23. The van der Waals surface area contributed by atoms with Crippen LogP contribution in [0.2, 0.25) is 5.02 Å². The van der Waals surface area contributed by atoms with Gasteiger partial charge in [-0.05, 0) is 66.9 Å². The topological polar surface area (TPSA) is 103 Å². The highest BCUT2D eigenvalue weighted by Crippen LogP contribution is 2.42. The number of hydrogen-bond donors (Lipinski definition) is 3. The Bertz CT molecular complexity index is 1520. The molecular formula is C29H25ClN2O5. The van der Waals surface area contributed by atoms with Crippen molar-refractivity contribution in [3.8, 4) is 11.5 Å². The number of ether oxygens (including phenoxy) is 1. The summed E-state index contributed by atoms with van der Waals surface area (Å²) in [6, 6.07) is 18.1. The molecule has 1 aliphatic heterocycles. The molecule has 1 aromatic heterocycles. The quantitative estimate of drug-likeness (QED) is 0.169. The number of para-hydroxylation sites is 1. The van der Waals surface area contributed by atoms with Crippen LogP contribution in [0.3, 0.4) is 0 Å². The largest absolute Gasteiger partial charge is 0.507 e. The van der Waals surface area contributed by atoms with E-state index < -0.39 is 17.7 Å². The Kier molecular flexibility index (Phi) is 6.63. The van der Waals surface area contributed by atoms with Gasteiger partial charge in [-0.1, -0.05) is 35.9 Å². The van der Waals surface area contributed by atoms with E-state index in [4.69, 9.17) is 16.3 Å². The SMILES string of the molecule is CCOc1cc(C2/C(=C(\O)c3ccc(Cl)cc3)C(=O)C(=O)N2CCc2c[nH]c3ccccc23)ccc1O. The van der Waals surface area contributed by atoms with Crippen LogP contribution < -0.4 is 4.74 Å². The maximum Gasteiger partial charge on any atom is 0.295 e. The van der Waals surface area contributed by atoms with Gasteiger partial charge in [-0.25, -0.2) is 0 Å². The summed E-state index contributed by atoms with van der Waals surface area (Å²) >= 11 is 6.00. The minimum absolute atomic E-state index is 0.0283. The predicted octanol–water partition coefficient (Wildman–Crippen LogP) is 5.59. The molecule has 7 nitrogen and oxygen atoms in total. The number of fused-ring (bicyclic) bond motifs is 1. The first-order chi connectivity index (χ1) is 17.9. The molecule has 1 fully saturated rings. The lowest BCUT2D eigenvalue weighted by Gasteiger charge is -2.26. The summed E-state index contributed by atoms with van der Waals surface area (Å²) < 4.78 is 5.55. The van der Waals surface area contributed by atoms with E-state index in [1.54, 1.807) is 43.3 Å². The number of halogens is 1. The normalized spacial score (nSPS) is 17.0. The van der Waals surface area contributed by atoms with Crippen LogP contribution in [0.5, 0.6) is 11.5 Å². The van der Waals surface area contributed by atoms with Gasteiger partial charge in [0.15, 0.2) is 11.5 Å². The molecule has 0 spiro atoms. The van der Waals surface area contributed by atoms with Crippen LogP contribution >= 0.6 is 11.6 Å². The standard InChI is InChI=1S/C29H25ClN2O5/c1-2-37-24-15-18(9-12-23(24)33)26-25(27(34)17-7-10-20(30)11-8-17)28(35)29(36)32(26)14-13-19-16-31-22-6-4-3-5-21(19)22/h3-12,15-16,26,31,33-34H,2,13-14H2,1H3/b27-25+. The van der Waals surface area contributed by atoms with Crippen LogP contribution in [0.15, 0.2) is 78.5 Å². The Morgan fingerprint density at radius 3 is 2.59 bits per heavy atom. The van der Waals surface area contributed by atoms with Crippen molar-refractivity contribution in [2.24, 2.45) is 0 Å². The summed E-state index contributed by atoms with van der Waals surface area (Å²) in [5.41, 5.74) is 2.87. The van der Waals surface area contributed by atoms with E-state index >= 15 is 0 Å². The third kappa shape index (κ3) is 4.54. The van der Waals surface area contributed by atoms with Crippen molar-refractivity contribution in [2.45, 2.75) is 19.4 Å². The number of nitrogens with zero attached hydrogens (tertiary/aromatic N) is 1. The van der Waals surface area contributed by atoms with Gasteiger partial charge in [0, 0.05) is 34.2 Å². The molecule has 2 heterocycles. The second-order valence-corrected chi connectivity index (χ2v) is 9.21. The number of amides is 1. The zero-order valence-corrected chi connectivity index (χ0v) is 20.8. The van der Waals surface area contributed by atoms with E-state index in [-0.39, 0.29) is 29.4 Å². The number of aliphatic hydroxyl groups excluding tert-OH is 1. The molecular weight excluding hydrogens is 492 g/mol. The van der Waals surface area contributed by atoms with Gasteiger partial charge in [-0.3, -0.25) is 9.59 Å². The third-order valence-corrected chi connectivity index (χ3v) is 6.81. The van der Waals surface area contributed by atoms with E-state index in [1.165, 1.54) is 11.0 Å². The number of rotatable bonds is 7. The van der Waals surface area contributed by atoms with Gasteiger partial charge in [0.05, 0.1) is 18.2 Å². The second-order valence-electron chi connectivity index (χ2n) is 8.77. The van der Waals surface area contributed by atoms with Gasteiger partial charge in [0.1, 0.15) is 5.76 Å². The highest BCUT2D eigenvalue weighted by atomic mass is 35.5. The van der Waals surface area contributed by atoms with Crippen LogP contribution in [0.4, 0.5) is 0 Å². The fourth-order valence-electron chi connectivity index (χ4n) is 4.77. The molecule has 1 amide bonds. The first-order valence-corrected chi connectivity index (χ1v) is 12.3. The molecule has 1 unspecified atom stereocenters. The van der Waals surface area contributed by atoms with Crippen LogP contribution in [0.25, 0.3) is 16.7 Å². The Morgan fingerprint density at radius 1 is 1.08 bits per heavy atom. The molecule has 0 bridgehead atoms. The van der Waals surface area contributed by atoms with Crippen molar-refractivity contribution in [2.75, 3.05) is 13.2 Å². The fraction of sp³-hybridized carbons (Fsp3) is 0.172. The van der Waals surface area contributed by atoms with Crippen LogP contribution in [0, 0.1) is 0 Å². The van der Waals surface area contributed by atoms with Crippen molar-refractivity contribution in [1.82, 2.24) is 9.88 Å². The molecule has 8 heteroatoms. The summed E-state index contributed by atoms with van der Waals surface area (Å²) in [5, 5.41) is 23.0. The number of phenolic OH excluding ortho intramolecular Hbond substituents is 1. The number of likely N-dealkylation sites (tertiary alicyclic amines) is 1. The molecule has 4 aromatic rings. The predicted molar refractivity (Wildman–Crippen MR) is 142 cm³/mol. The molecule has 37 heavy (non-hydrogen) atoms. The number of aromatic amines is 1. The lowest BCUT2D eigenvalue weighted by atomic mass is 9.95. The molecule has 1 saturated heterocycles.